The second kappa shape index (κ2) is 28.2. The third-order valence-corrected chi connectivity index (χ3v) is 21.9. The lowest BCUT2D eigenvalue weighted by atomic mass is 9.78. The number of rotatable bonds is 24. The Balaban J connectivity index is 0.650. The number of unbranched alkanes of at least 4 members (excludes halogenated alkanes) is 2. The van der Waals surface area contributed by atoms with Crippen molar-refractivity contribution in [1.29, 1.82) is 0 Å². The number of hydrogen-bond donors (Lipinski definition) is 0. The summed E-state index contributed by atoms with van der Waals surface area (Å²) in [6.07, 6.45) is 29.2. The van der Waals surface area contributed by atoms with Crippen LogP contribution in [0.5, 0.6) is 0 Å². The molecule has 4 heterocycles. The summed E-state index contributed by atoms with van der Waals surface area (Å²) in [6.45, 7) is 30.1. The highest BCUT2D eigenvalue weighted by Gasteiger charge is 2.47. The molecule has 4 aliphatic heterocycles. The van der Waals surface area contributed by atoms with Crippen LogP contribution in [0.1, 0.15) is 156 Å². The molecule has 0 spiro atoms. The summed E-state index contributed by atoms with van der Waals surface area (Å²) in [4.78, 5) is 4.89. The highest BCUT2D eigenvalue weighted by Crippen LogP contribution is 2.51. The summed E-state index contributed by atoms with van der Waals surface area (Å²) in [7, 11) is 0. The molecule has 0 bridgehead atoms. The van der Waals surface area contributed by atoms with Crippen molar-refractivity contribution < 1.29 is 23.4 Å². The van der Waals surface area contributed by atoms with Crippen molar-refractivity contribution in [2.75, 3.05) is 75.6 Å². The lowest BCUT2D eigenvalue weighted by molar-refractivity contribution is -0.438. The maximum atomic E-state index is 7.45. The van der Waals surface area contributed by atoms with E-state index in [0.29, 0.717) is 39.6 Å². The van der Waals surface area contributed by atoms with Gasteiger partial charge in [-0.3, -0.25) is 0 Å². The van der Waals surface area contributed by atoms with Gasteiger partial charge < -0.3 is 24.0 Å². The van der Waals surface area contributed by atoms with Gasteiger partial charge in [0.25, 0.3) is 0 Å². The monoisotopic (exact) mass is 1280 g/mol. The van der Waals surface area contributed by atoms with Crippen LogP contribution in [0, 0.1) is 0 Å². The SMILES string of the molecule is CCCC[N+]1=C(/C=C/C2=C(Cl)C(=C/C=C3/N(CCOCCOCCOCCN4/C(=C/C=C5\CCCC(/C=C/C6=[N+](CCCC)c7ccc8ccccc8c7C6(C)C)=C5Cl)C(C)(C)c5ccccc54)c4ccccc4C3(C)C)/CCC2)C(C)(C)c2c1ccc1ccccc21. The van der Waals surface area contributed by atoms with E-state index in [4.69, 9.17) is 37.4 Å². The van der Waals surface area contributed by atoms with Crippen LogP contribution in [0.4, 0.5) is 22.7 Å². The van der Waals surface area contributed by atoms with E-state index in [1.807, 2.05) is 0 Å². The molecule has 6 aliphatic rings. The van der Waals surface area contributed by atoms with E-state index in [9.17, 15) is 0 Å². The Kier molecular flexibility index (Phi) is 20.1. The number of fused-ring (bicyclic) bond motifs is 8. The molecule has 0 atom stereocenters. The van der Waals surface area contributed by atoms with Crippen molar-refractivity contribution in [1.82, 2.24) is 0 Å². The molecule has 93 heavy (non-hydrogen) atoms. The number of halogens is 2. The van der Waals surface area contributed by atoms with Gasteiger partial charge in [-0.15, -0.1) is 0 Å². The Labute approximate surface area is 565 Å². The second-order valence-corrected chi connectivity index (χ2v) is 29.1. The van der Waals surface area contributed by atoms with Gasteiger partial charge in [0, 0.05) is 105 Å². The topological polar surface area (TPSA) is 40.2 Å². The van der Waals surface area contributed by atoms with Crippen LogP contribution in [-0.2, 0) is 35.9 Å². The van der Waals surface area contributed by atoms with Crippen LogP contribution in [-0.4, -0.2) is 86.4 Å². The van der Waals surface area contributed by atoms with Crippen LogP contribution in [0.15, 0.2) is 214 Å². The molecular weight excluding hydrogens is 1180 g/mol. The fourth-order valence-electron chi connectivity index (χ4n) is 15.9. The zero-order valence-corrected chi connectivity index (χ0v) is 58.6. The standard InChI is InChI=1S/C84H98Cl2N4O3/c1-11-13-49-87-71-43-37-59-25-15-17-31-65(59)77(71)83(7,8)75(87)47-41-63-29-23-27-61(79(63)85)39-45-73-81(3,4)67-33-19-21-35-69(67)89(73)51-53-91-55-57-93-58-56-92-54-52-90-70-36-22-20-34-68(70)82(5,6)74(90)46-40-62-28-24-30-64(80(62)86)42-48-76-84(9,10)78-66-32-18-16-26-60(66)38-44-72(78)88(76)50-14-12-2/h15-22,25-26,31-48H,11-14,23-24,27-30,49-58H2,1-10H3/q+2. The minimum atomic E-state index is -0.196. The number of para-hydroxylation sites is 2. The third kappa shape index (κ3) is 13.0. The maximum absolute atomic E-state index is 7.45. The predicted octanol–water partition coefficient (Wildman–Crippen LogP) is 20.8. The van der Waals surface area contributed by atoms with Crippen molar-refractivity contribution in [3.8, 4) is 0 Å². The molecule has 6 aromatic rings. The fourth-order valence-corrected chi connectivity index (χ4v) is 16.6. The van der Waals surface area contributed by atoms with E-state index in [1.165, 1.54) is 112 Å². The summed E-state index contributed by atoms with van der Waals surface area (Å²) in [5.74, 6) is 0. The second-order valence-electron chi connectivity index (χ2n) is 28.4. The van der Waals surface area contributed by atoms with Gasteiger partial charge in [-0.25, -0.2) is 0 Å². The predicted molar refractivity (Wildman–Crippen MR) is 394 cm³/mol. The molecule has 0 saturated carbocycles. The van der Waals surface area contributed by atoms with Gasteiger partial charge in [0.2, 0.25) is 11.4 Å². The van der Waals surface area contributed by atoms with Crippen LogP contribution in [0.3, 0.4) is 0 Å². The molecule has 0 N–H and O–H groups in total. The van der Waals surface area contributed by atoms with E-state index in [2.05, 4.69) is 258 Å². The number of benzene rings is 6. The molecule has 2 aliphatic carbocycles. The van der Waals surface area contributed by atoms with Crippen molar-refractivity contribution in [3.05, 3.63) is 236 Å². The molecule has 0 saturated heterocycles. The van der Waals surface area contributed by atoms with Gasteiger partial charge in [-0.05, 0) is 158 Å². The average molecular weight is 1280 g/mol. The summed E-state index contributed by atoms with van der Waals surface area (Å²) < 4.78 is 23.8. The van der Waals surface area contributed by atoms with Crippen molar-refractivity contribution in [2.24, 2.45) is 0 Å². The highest BCUT2D eigenvalue weighted by atomic mass is 35.5. The minimum absolute atomic E-state index is 0.154. The fraction of sp³-hybridized carbons (Fsp3) is 0.405. The normalized spacial score (nSPS) is 20.6. The molecule has 6 aromatic carbocycles. The summed E-state index contributed by atoms with van der Waals surface area (Å²) in [6, 6.07) is 44.6. The van der Waals surface area contributed by atoms with Crippen LogP contribution in [0.25, 0.3) is 21.5 Å². The zero-order chi connectivity index (χ0) is 65.1. The summed E-state index contributed by atoms with van der Waals surface area (Å²) in [5.41, 5.74) is 19.9. The molecule has 0 radical (unpaired) electrons. The molecule has 9 heteroatoms. The molecule has 0 fully saturated rings. The number of hydrogen-bond acceptors (Lipinski definition) is 5. The Bertz CT molecular complexity index is 3890. The first-order chi connectivity index (χ1) is 45.0. The first kappa shape index (κ1) is 66.2. The minimum Gasteiger partial charge on any atom is -0.377 e. The van der Waals surface area contributed by atoms with Gasteiger partial charge >= 0.3 is 0 Å². The highest BCUT2D eigenvalue weighted by molar-refractivity contribution is 6.33. The molecule has 0 unspecified atom stereocenters. The first-order valence-corrected chi connectivity index (χ1v) is 35.5. The van der Waals surface area contributed by atoms with E-state index in [0.717, 1.165) is 100 Å². The lowest BCUT2D eigenvalue weighted by Crippen LogP contribution is -2.29. The number of ether oxygens (including phenoxy) is 3. The largest absolute Gasteiger partial charge is 0.377 e. The average Bonchev–Trinajstić information content (AvgIpc) is 1.61. The number of nitrogens with zero attached hydrogens (tertiary/aromatic N) is 4. The van der Waals surface area contributed by atoms with Crippen molar-refractivity contribution >= 4 is 78.9 Å². The summed E-state index contributed by atoms with van der Waals surface area (Å²) in [5, 5.41) is 7.04. The quantitative estimate of drug-likeness (QED) is 0.0446. The third-order valence-electron chi connectivity index (χ3n) is 20.9. The van der Waals surface area contributed by atoms with E-state index in [-0.39, 0.29) is 21.7 Å². The molecular formula is C84H98Cl2N4O3+2. The van der Waals surface area contributed by atoms with Crippen molar-refractivity contribution in [3.63, 3.8) is 0 Å². The molecule has 484 valence electrons. The molecule has 7 nitrogen and oxygen atoms in total. The van der Waals surface area contributed by atoms with Crippen molar-refractivity contribution in [2.45, 2.75) is 155 Å². The van der Waals surface area contributed by atoms with E-state index >= 15 is 0 Å². The lowest BCUT2D eigenvalue weighted by Gasteiger charge is -2.27. The van der Waals surface area contributed by atoms with Crippen LogP contribution in [0.2, 0.25) is 0 Å². The number of allylic oxidation sites excluding steroid dienone is 16. The Hall–Kier alpha value is -6.84. The van der Waals surface area contributed by atoms with Gasteiger partial charge in [-0.2, -0.15) is 9.15 Å². The summed E-state index contributed by atoms with van der Waals surface area (Å²) >= 11 is 14.9. The van der Waals surface area contributed by atoms with Crippen LogP contribution < -0.4 is 9.80 Å². The Morgan fingerprint density at radius 3 is 1.24 bits per heavy atom. The Morgan fingerprint density at radius 1 is 0.430 bits per heavy atom. The zero-order valence-electron chi connectivity index (χ0n) is 57.1. The van der Waals surface area contributed by atoms with Gasteiger partial charge in [0.15, 0.2) is 11.4 Å². The van der Waals surface area contributed by atoms with Gasteiger partial charge in [0.05, 0.1) is 50.5 Å². The first-order valence-electron chi connectivity index (χ1n) is 34.8. The Morgan fingerprint density at radius 2 is 0.817 bits per heavy atom. The molecule has 0 aromatic heterocycles. The van der Waals surface area contributed by atoms with E-state index in [1.54, 1.807) is 0 Å². The molecule has 12 rings (SSSR count). The maximum Gasteiger partial charge on any atom is 0.210 e. The number of anilines is 2. The molecule has 0 amide bonds. The van der Waals surface area contributed by atoms with Gasteiger partial charge in [0.1, 0.15) is 13.1 Å². The smallest absolute Gasteiger partial charge is 0.210 e. The van der Waals surface area contributed by atoms with E-state index < -0.39 is 0 Å². The van der Waals surface area contributed by atoms with Crippen LogP contribution >= 0.6 is 23.2 Å². The van der Waals surface area contributed by atoms with Gasteiger partial charge in [-0.1, -0.05) is 187 Å².